The Balaban J connectivity index is 2.65. The van der Waals surface area contributed by atoms with Crippen LogP contribution >= 0.6 is 11.6 Å². The summed E-state index contributed by atoms with van der Waals surface area (Å²) in [6.45, 7) is 1.90. The second-order valence-corrected chi connectivity index (χ2v) is 3.33. The summed E-state index contributed by atoms with van der Waals surface area (Å²) in [7, 11) is 1.51. The van der Waals surface area contributed by atoms with Gasteiger partial charge in [0.15, 0.2) is 18.1 Å². The zero-order valence-corrected chi connectivity index (χ0v) is 9.91. The van der Waals surface area contributed by atoms with Gasteiger partial charge < -0.3 is 14.2 Å². The number of esters is 1. The third-order valence-electron chi connectivity index (χ3n) is 1.78. The van der Waals surface area contributed by atoms with Crippen molar-refractivity contribution in [2.45, 2.75) is 6.92 Å². The van der Waals surface area contributed by atoms with Crippen LogP contribution in [0.25, 0.3) is 0 Å². The van der Waals surface area contributed by atoms with Gasteiger partial charge >= 0.3 is 5.97 Å². The number of carbonyl (C=O) groups is 1. The van der Waals surface area contributed by atoms with Crippen molar-refractivity contribution in [1.82, 2.24) is 0 Å². The Hall–Kier alpha value is -1.42. The maximum Gasteiger partial charge on any atom is 0.344 e. The van der Waals surface area contributed by atoms with Gasteiger partial charge in [0, 0.05) is 11.1 Å². The van der Waals surface area contributed by atoms with E-state index in [2.05, 4.69) is 0 Å². The third kappa shape index (κ3) is 3.62. The Morgan fingerprint density at radius 3 is 2.75 bits per heavy atom. The molecule has 0 saturated carbocycles. The predicted molar refractivity (Wildman–Crippen MR) is 60.1 cm³/mol. The number of carbonyl (C=O) groups excluding carboxylic acids is 1. The summed E-state index contributed by atoms with van der Waals surface area (Å²) in [6.07, 6.45) is 0. The molecule has 0 spiro atoms. The lowest BCUT2D eigenvalue weighted by atomic mass is 10.3. The molecule has 0 fully saturated rings. The van der Waals surface area contributed by atoms with Crippen molar-refractivity contribution in [3.8, 4) is 11.5 Å². The lowest BCUT2D eigenvalue weighted by Gasteiger charge is -2.10. The van der Waals surface area contributed by atoms with Gasteiger partial charge in [-0.2, -0.15) is 0 Å². The van der Waals surface area contributed by atoms with Crippen LogP contribution in [0.5, 0.6) is 11.5 Å². The number of hydrogen-bond acceptors (Lipinski definition) is 4. The highest BCUT2D eigenvalue weighted by Gasteiger charge is 2.08. The van der Waals surface area contributed by atoms with Gasteiger partial charge in [-0.3, -0.25) is 0 Å². The molecule has 0 aliphatic rings. The molecule has 0 N–H and O–H groups in total. The highest BCUT2D eigenvalue weighted by Crippen LogP contribution is 2.29. The minimum absolute atomic E-state index is 0.162. The van der Waals surface area contributed by atoms with Gasteiger partial charge in [-0.25, -0.2) is 4.79 Å². The van der Waals surface area contributed by atoms with Crippen LogP contribution in [0.1, 0.15) is 6.92 Å². The lowest BCUT2D eigenvalue weighted by Crippen LogP contribution is -2.14. The average Bonchev–Trinajstić information content (AvgIpc) is 2.27. The summed E-state index contributed by atoms with van der Waals surface area (Å²) < 4.78 is 15.0. The second kappa shape index (κ2) is 6.23. The van der Waals surface area contributed by atoms with E-state index >= 15 is 0 Å². The van der Waals surface area contributed by atoms with E-state index in [1.807, 2.05) is 0 Å². The van der Waals surface area contributed by atoms with Gasteiger partial charge in [0.05, 0.1) is 13.7 Å². The fourth-order valence-electron chi connectivity index (χ4n) is 1.10. The second-order valence-electron chi connectivity index (χ2n) is 2.89. The van der Waals surface area contributed by atoms with Gasteiger partial charge in [-0.15, -0.1) is 0 Å². The smallest absolute Gasteiger partial charge is 0.344 e. The maximum atomic E-state index is 11.1. The number of benzene rings is 1. The quantitative estimate of drug-likeness (QED) is 0.746. The SMILES string of the molecule is CCOC(=O)COc1cc(Cl)ccc1OC. The summed E-state index contributed by atoms with van der Waals surface area (Å²) >= 11 is 5.80. The van der Waals surface area contributed by atoms with Crippen LogP contribution in [-0.4, -0.2) is 26.3 Å². The van der Waals surface area contributed by atoms with Crippen molar-refractivity contribution < 1.29 is 19.0 Å². The normalized spacial score (nSPS) is 9.69. The van der Waals surface area contributed by atoms with E-state index in [4.69, 9.17) is 25.8 Å². The molecule has 0 aliphatic carbocycles. The Kier molecular flexibility index (Phi) is 4.92. The molecule has 0 saturated heterocycles. The molecule has 1 aromatic carbocycles. The van der Waals surface area contributed by atoms with Crippen LogP contribution in [0.4, 0.5) is 0 Å². The topological polar surface area (TPSA) is 44.8 Å². The number of hydrogen-bond donors (Lipinski definition) is 0. The van der Waals surface area contributed by atoms with E-state index in [1.165, 1.54) is 7.11 Å². The van der Waals surface area contributed by atoms with Crippen molar-refractivity contribution in [3.63, 3.8) is 0 Å². The molecule has 0 aromatic heterocycles. The minimum Gasteiger partial charge on any atom is -0.493 e. The van der Waals surface area contributed by atoms with Crippen molar-refractivity contribution >= 4 is 17.6 Å². The van der Waals surface area contributed by atoms with Gasteiger partial charge in [-0.05, 0) is 19.1 Å². The van der Waals surface area contributed by atoms with E-state index in [0.29, 0.717) is 23.1 Å². The number of halogens is 1. The molecule has 0 aliphatic heterocycles. The molecule has 0 heterocycles. The molecule has 1 aromatic rings. The minimum atomic E-state index is -0.426. The first-order chi connectivity index (χ1) is 7.67. The molecule has 88 valence electrons. The highest BCUT2D eigenvalue weighted by atomic mass is 35.5. The molecule has 0 atom stereocenters. The molecule has 4 nitrogen and oxygen atoms in total. The fourth-order valence-corrected chi connectivity index (χ4v) is 1.26. The summed E-state index contributed by atoms with van der Waals surface area (Å²) in [4.78, 5) is 11.1. The Labute approximate surface area is 99.1 Å². The number of methoxy groups -OCH3 is 1. The van der Waals surface area contributed by atoms with Gasteiger partial charge in [0.1, 0.15) is 0 Å². The molecule has 16 heavy (non-hydrogen) atoms. The Morgan fingerprint density at radius 1 is 1.38 bits per heavy atom. The largest absolute Gasteiger partial charge is 0.493 e. The van der Waals surface area contributed by atoms with E-state index < -0.39 is 5.97 Å². The van der Waals surface area contributed by atoms with Crippen LogP contribution in [0.3, 0.4) is 0 Å². The molecule has 1 rings (SSSR count). The van der Waals surface area contributed by atoms with E-state index in [-0.39, 0.29) is 6.61 Å². The molecule has 0 amide bonds. The van der Waals surface area contributed by atoms with Crippen LogP contribution < -0.4 is 9.47 Å². The van der Waals surface area contributed by atoms with Crippen LogP contribution in [0, 0.1) is 0 Å². The van der Waals surface area contributed by atoms with Crippen LogP contribution in [0.2, 0.25) is 5.02 Å². The molecular formula is C11H13ClO4. The zero-order chi connectivity index (χ0) is 12.0. The third-order valence-corrected chi connectivity index (χ3v) is 2.01. The maximum absolute atomic E-state index is 11.1. The standard InChI is InChI=1S/C11H13ClO4/c1-3-15-11(13)7-16-10-6-8(12)4-5-9(10)14-2/h4-6H,3,7H2,1-2H3. The molecule has 0 radical (unpaired) electrons. The molecule has 5 heteroatoms. The Morgan fingerprint density at radius 2 is 2.12 bits per heavy atom. The average molecular weight is 245 g/mol. The fraction of sp³-hybridized carbons (Fsp3) is 0.364. The van der Waals surface area contributed by atoms with Gasteiger partial charge in [0.25, 0.3) is 0 Å². The van der Waals surface area contributed by atoms with E-state index in [9.17, 15) is 4.79 Å². The van der Waals surface area contributed by atoms with E-state index in [0.717, 1.165) is 0 Å². The first kappa shape index (κ1) is 12.6. The monoisotopic (exact) mass is 244 g/mol. The molecule has 0 bridgehead atoms. The number of rotatable bonds is 5. The summed E-state index contributed by atoms with van der Waals surface area (Å²) in [5, 5.41) is 0.514. The van der Waals surface area contributed by atoms with Crippen molar-refractivity contribution in [1.29, 1.82) is 0 Å². The highest BCUT2D eigenvalue weighted by molar-refractivity contribution is 6.30. The van der Waals surface area contributed by atoms with Crippen molar-refractivity contribution in [2.75, 3.05) is 20.3 Å². The van der Waals surface area contributed by atoms with Crippen LogP contribution in [-0.2, 0) is 9.53 Å². The summed E-state index contributed by atoms with van der Waals surface area (Å²) in [5.74, 6) is 0.515. The molecular weight excluding hydrogens is 232 g/mol. The van der Waals surface area contributed by atoms with E-state index in [1.54, 1.807) is 25.1 Å². The predicted octanol–water partition coefficient (Wildman–Crippen LogP) is 2.29. The number of ether oxygens (including phenoxy) is 3. The first-order valence-corrected chi connectivity index (χ1v) is 5.17. The summed E-state index contributed by atoms with van der Waals surface area (Å²) in [6, 6.07) is 4.93. The van der Waals surface area contributed by atoms with Crippen molar-refractivity contribution in [3.05, 3.63) is 23.2 Å². The lowest BCUT2D eigenvalue weighted by molar-refractivity contribution is -0.145. The van der Waals surface area contributed by atoms with Crippen molar-refractivity contribution in [2.24, 2.45) is 0 Å². The molecule has 0 unspecified atom stereocenters. The summed E-state index contributed by atoms with van der Waals surface area (Å²) in [5.41, 5.74) is 0. The zero-order valence-electron chi connectivity index (χ0n) is 9.16. The Bertz CT molecular complexity index is 365. The van der Waals surface area contributed by atoms with Crippen LogP contribution in [0.15, 0.2) is 18.2 Å². The van der Waals surface area contributed by atoms with Gasteiger partial charge in [0.2, 0.25) is 0 Å². The van der Waals surface area contributed by atoms with Gasteiger partial charge in [-0.1, -0.05) is 11.6 Å². The first-order valence-electron chi connectivity index (χ1n) is 4.79.